The second-order valence-electron chi connectivity index (χ2n) is 6.15. The molecule has 0 aliphatic heterocycles. The van der Waals surface area contributed by atoms with Crippen molar-refractivity contribution in [2.75, 3.05) is 6.54 Å². The van der Waals surface area contributed by atoms with Crippen LogP contribution in [0.2, 0.25) is 0 Å². The largest absolute Gasteiger partial charge is 0.457 e. The molecule has 0 unspecified atom stereocenters. The average molecular weight is 364 g/mol. The van der Waals surface area contributed by atoms with Crippen molar-refractivity contribution >= 4 is 5.91 Å². The van der Waals surface area contributed by atoms with Gasteiger partial charge in [0, 0.05) is 12.6 Å². The summed E-state index contributed by atoms with van der Waals surface area (Å²) in [5.41, 5.74) is 7.45. The van der Waals surface area contributed by atoms with E-state index >= 15 is 0 Å². The van der Waals surface area contributed by atoms with Crippen LogP contribution in [0.5, 0.6) is 11.5 Å². The molecule has 3 aromatic rings. The number of carbonyl (C=O) groups excluding carboxylic acids is 1. The molecular formula is C22H21FN2O2. The molecular weight excluding hydrogens is 343 g/mol. The number of ether oxygens (including phenoxy) is 1. The molecule has 0 saturated carbocycles. The Hall–Kier alpha value is -3.18. The Bertz CT molecular complexity index is 882. The van der Waals surface area contributed by atoms with E-state index in [4.69, 9.17) is 10.5 Å². The van der Waals surface area contributed by atoms with E-state index in [1.54, 1.807) is 12.1 Å². The number of halogens is 1. The lowest BCUT2D eigenvalue weighted by molar-refractivity contribution is -0.120. The van der Waals surface area contributed by atoms with Crippen LogP contribution in [0.4, 0.5) is 4.39 Å². The number of rotatable bonds is 8. The van der Waals surface area contributed by atoms with E-state index in [1.807, 2.05) is 54.6 Å². The quantitative estimate of drug-likeness (QED) is 0.635. The van der Waals surface area contributed by atoms with E-state index in [2.05, 4.69) is 5.32 Å². The predicted molar refractivity (Wildman–Crippen MR) is 103 cm³/mol. The number of amides is 1. The van der Waals surface area contributed by atoms with Crippen LogP contribution in [0.3, 0.4) is 0 Å². The van der Waals surface area contributed by atoms with Crippen LogP contribution in [0.15, 0.2) is 78.9 Å². The standard InChI is InChI=1S/C22H21FN2O2/c23-18-7-4-8-20(15-18)27-19-11-9-16(10-12-19)13-14-25-21(22(24)26)17-5-2-1-3-6-17/h1-12,15,21,25H,13-14H2,(H2,24,26)/t21-/m1/s1. The zero-order valence-electron chi connectivity index (χ0n) is 14.8. The molecule has 1 atom stereocenters. The molecule has 0 bridgehead atoms. The molecule has 0 fully saturated rings. The van der Waals surface area contributed by atoms with Crippen LogP contribution in [0.1, 0.15) is 17.2 Å². The molecule has 0 radical (unpaired) electrons. The second-order valence-corrected chi connectivity index (χ2v) is 6.15. The number of carbonyl (C=O) groups is 1. The van der Waals surface area contributed by atoms with Gasteiger partial charge >= 0.3 is 0 Å². The zero-order chi connectivity index (χ0) is 19.1. The summed E-state index contributed by atoms with van der Waals surface area (Å²) >= 11 is 0. The maximum absolute atomic E-state index is 13.2. The molecule has 3 aromatic carbocycles. The van der Waals surface area contributed by atoms with Crippen LogP contribution >= 0.6 is 0 Å². The van der Waals surface area contributed by atoms with Crippen LogP contribution < -0.4 is 15.8 Å². The van der Waals surface area contributed by atoms with Gasteiger partial charge in [0.2, 0.25) is 5.91 Å². The third-order valence-corrected chi connectivity index (χ3v) is 4.13. The van der Waals surface area contributed by atoms with Gasteiger partial charge in [0.15, 0.2) is 0 Å². The number of nitrogens with one attached hydrogen (secondary N) is 1. The van der Waals surface area contributed by atoms with E-state index in [-0.39, 0.29) is 5.82 Å². The molecule has 5 heteroatoms. The number of primary amides is 1. The molecule has 0 saturated heterocycles. The van der Waals surface area contributed by atoms with Crippen molar-refractivity contribution in [2.24, 2.45) is 5.73 Å². The minimum absolute atomic E-state index is 0.336. The highest BCUT2D eigenvalue weighted by atomic mass is 19.1. The van der Waals surface area contributed by atoms with Gasteiger partial charge in [-0.15, -0.1) is 0 Å². The van der Waals surface area contributed by atoms with E-state index in [0.717, 1.165) is 17.5 Å². The predicted octanol–water partition coefficient (Wildman–Crippen LogP) is 3.98. The van der Waals surface area contributed by atoms with Gasteiger partial charge in [-0.2, -0.15) is 0 Å². The molecule has 1 amide bonds. The summed E-state index contributed by atoms with van der Waals surface area (Å²) in [6.07, 6.45) is 0.733. The molecule has 0 aliphatic carbocycles. The summed E-state index contributed by atoms with van der Waals surface area (Å²) in [5.74, 6) is 0.353. The first-order valence-electron chi connectivity index (χ1n) is 8.72. The minimum atomic E-state index is -0.512. The monoisotopic (exact) mass is 364 g/mol. The zero-order valence-corrected chi connectivity index (χ0v) is 14.8. The van der Waals surface area contributed by atoms with Crippen molar-refractivity contribution in [2.45, 2.75) is 12.5 Å². The van der Waals surface area contributed by atoms with E-state index in [0.29, 0.717) is 18.0 Å². The van der Waals surface area contributed by atoms with Crippen molar-refractivity contribution in [1.82, 2.24) is 5.32 Å². The van der Waals surface area contributed by atoms with Crippen molar-refractivity contribution < 1.29 is 13.9 Å². The summed E-state index contributed by atoms with van der Waals surface area (Å²) < 4.78 is 18.8. The third kappa shape index (κ3) is 5.39. The molecule has 3 N–H and O–H groups in total. The summed E-state index contributed by atoms with van der Waals surface area (Å²) in [5, 5.41) is 3.20. The number of hydrogen-bond donors (Lipinski definition) is 2. The summed E-state index contributed by atoms with van der Waals surface area (Å²) in [6, 6.07) is 22.5. The summed E-state index contributed by atoms with van der Waals surface area (Å²) in [6.45, 7) is 0.604. The highest BCUT2D eigenvalue weighted by molar-refractivity contribution is 5.81. The SMILES string of the molecule is NC(=O)[C@H](NCCc1ccc(Oc2cccc(F)c2)cc1)c1ccccc1. The van der Waals surface area contributed by atoms with Crippen LogP contribution in [0, 0.1) is 5.82 Å². The average Bonchev–Trinajstić information content (AvgIpc) is 2.67. The van der Waals surface area contributed by atoms with E-state index in [1.165, 1.54) is 12.1 Å². The fourth-order valence-corrected chi connectivity index (χ4v) is 2.78. The topological polar surface area (TPSA) is 64.4 Å². The molecule has 138 valence electrons. The lowest BCUT2D eigenvalue weighted by Gasteiger charge is -2.16. The van der Waals surface area contributed by atoms with Gasteiger partial charge in [-0.1, -0.05) is 48.5 Å². The van der Waals surface area contributed by atoms with Gasteiger partial charge in [-0.05, 0) is 41.8 Å². The summed E-state index contributed by atoms with van der Waals surface area (Å²) in [4.78, 5) is 11.7. The molecule has 3 rings (SSSR count). The first-order chi connectivity index (χ1) is 13.1. The van der Waals surface area contributed by atoms with Crippen molar-refractivity contribution in [3.8, 4) is 11.5 Å². The lowest BCUT2D eigenvalue weighted by Crippen LogP contribution is -2.34. The third-order valence-electron chi connectivity index (χ3n) is 4.13. The molecule has 0 aromatic heterocycles. The van der Waals surface area contributed by atoms with Gasteiger partial charge in [0.25, 0.3) is 0 Å². The Morgan fingerprint density at radius 3 is 2.37 bits per heavy atom. The Morgan fingerprint density at radius 2 is 1.70 bits per heavy atom. The first kappa shape index (κ1) is 18.6. The molecule has 0 heterocycles. The van der Waals surface area contributed by atoms with Crippen molar-refractivity contribution in [3.05, 3.63) is 95.8 Å². The Morgan fingerprint density at radius 1 is 0.963 bits per heavy atom. The van der Waals surface area contributed by atoms with Gasteiger partial charge < -0.3 is 15.8 Å². The lowest BCUT2D eigenvalue weighted by atomic mass is 10.1. The highest BCUT2D eigenvalue weighted by Gasteiger charge is 2.16. The number of hydrogen-bond acceptors (Lipinski definition) is 3. The normalized spacial score (nSPS) is 11.7. The fraction of sp³-hybridized carbons (Fsp3) is 0.136. The smallest absolute Gasteiger partial charge is 0.239 e. The van der Waals surface area contributed by atoms with Crippen LogP contribution in [-0.2, 0) is 11.2 Å². The van der Waals surface area contributed by atoms with Crippen molar-refractivity contribution in [3.63, 3.8) is 0 Å². The number of nitrogens with two attached hydrogens (primary N) is 1. The molecule has 0 spiro atoms. The Kier molecular flexibility index (Phi) is 6.18. The first-order valence-corrected chi connectivity index (χ1v) is 8.72. The van der Waals surface area contributed by atoms with Crippen LogP contribution in [0.25, 0.3) is 0 Å². The van der Waals surface area contributed by atoms with Crippen molar-refractivity contribution in [1.29, 1.82) is 0 Å². The van der Waals surface area contributed by atoms with Gasteiger partial charge in [-0.3, -0.25) is 4.79 Å². The molecule has 0 aliphatic rings. The maximum Gasteiger partial charge on any atom is 0.239 e. The maximum atomic E-state index is 13.2. The Labute approximate surface area is 157 Å². The van der Waals surface area contributed by atoms with E-state index < -0.39 is 11.9 Å². The molecule has 27 heavy (non-hydrogen) atoms. The summed E-state index contributed by atoms with van der Waals surface area (Å²) in [7, 11) is 0. The van der Waals surface area contributed by atoms with Crippen LogP contribution in [-0.4, -0.2) is 12.5 Å². The van der Waals surface area contributed by atoms with Gasteiger partial charge in [0.1, 0.15) is 23.4 Å². The van der Waals surface area contributed by atoms with E-state index in [9.17, 15) is 9.18 Å². The van der Waals surface area contributed by atoms with Gasteiger partial charge in [0.05, 0.1) is 0 Å². The number of benzene rings is 3. The van der Waals surface area contributed by atoms with Gasteiger partial charge in [-0.25, -0.2) is 4.39 Å². The minimum Gasteiger partial charge on any atom is -0.457 e. The highest BCUT2D eigenvalue weighted by Crippen LogP contribution is 2.22. The second kappa shape index (κ2) is 8.96. The Balaban J connectivity index is 1.54. The molecule has 4 nitrogen and oxygen atoms in total. The fourth-order valence-electron chi connectivity index (χ4n) is 2.78.